The second-order valence-corrected chi connectivity index (χ2v) is 5.82. The number of aliphatic hydroxyl groups excluding tert-OH is 1. The molecule has 4 N–H and O–H groups in total. The number of halogens is 1. The zero-order valence-electron chi connectivity index (χ0n) is 11.0. The van der Waals surface area contributed by atoms with E-state index >= 15 is 0 Å². The highest BCUT2D eigenvalue weighted by atomic mass is 79.9. The molecule has 2 unspecified atom stereocenters. The third-order valence-electron chi connectivity index (χ3n) is 3.69. The molecule has 1 aromatic carbocycles. The van der Waals surface area contributed by atoms with Crippen LogP contribution in [0, 0.1) is 0 Å². The van der Waals surface area contributed by atoms with Crippen molar-refractivity contribution in [2.24, 2.45) is 5.73 Å². The number of hydrogen-bond acceptors (Lipinski definition) is 5. The van der Waals surface area contributed by atoms with E-state index in [1.165, 1.54) is 0 Å². The van der Waals surface area contributed by atoms with Gasteiger partial charge in [0.25, 0.3) is 5.91 Å². The van der Waals surface area contributed by atoms with E-state index < -0.39 is 24.0 Å². The normalized spacial score (nSPS) is 24.7. The molecule has 1 fully saturated rings. The summed E-state index contributed by atoms with van der Waals surface area (Å²) in [7, 11) is 0. The van der Waals surface area contributed by atoms with E-state index in [-0.39, 0.29) is 6.61 Å². The summed E-state index contributed by atoms with van der Waals surface area (Å²) in [6.07, 6.45) is -1.16. The maximum Gasteiger partial charge on any atom is 0.257 e. The fourth-order valence-electron chi connectivity index (χ4n) is 2.60. The van der Waals surface area contributed by atoms with Crippen molar-refractivity contribution >= 4 is 39.1 Å². The van der Waals surface area contributed by atoms with Crippen LogP contribution in [-0.4, -0.2) is 42.7 Å². The fourth-order valence-corrected chi connectivity index (χ4v) is 3.19. The number of morpholine rings is 1. The maximum absolute atomic E-state index is 11.6. The zero-order chi connectivity index (χ0) is 15.1. The van der Waals surface area contributed by atoms with Crippen molar-refractivity contribution in [3.05, 3.63) is 22.2 Å². The van der Waals surface area contributed by atoms with Crippen molar-refractivity contribution in [3.8, 4) is 0 Å². The molecule has 112 valence electrons. The van der Waals surface area contributed by atoms with Gasteiger partial charge in [-0.05, 0) is 28.1 Å². The van der Waals surface area contributed by atoms with Crippen LogP contribution in [0.1, 0.15) is 11.7 Å². The van der Waals surface area contributed by atoms with E-state index in [1.54, 1.807) is 12.1 Å². The molecule has 8 heteroatoms. The van der Waals surface area contributed by atoms with E-state index in [0.29, 0.717) is 28.9 Å². The number of hydrogen-bond donors (Lipinski definition) is 3. The van der Waals surface area contributed by atoms with Crippen LogP contribution in [0.5, 0.6) is 0 Å². The highest BCUT2D eigenvalue weighted by molar-refractivity contribution is 9.10. The van der Waals surface area contributed by atoms with Gasteiger partial charge in [-0.3, -0.25) is 9.59 Å². The smallest absolute Gasteiger partial charge is 0.257 e. The summed E-state index contributed by atoms with van der Waals surface area (Å²) in [6, 6.07) is 2.85. The summed E-state index contributed by atoms with van der Waals surface area (Å²) in [5.41, 5.74) is 7.20. The first kappa shape index (κ1) is 14.3. The van der Waals surface area contributed by atoms with Gasteiger partial charge in [0.2, 0.25) is 5.91 Å². The standard InChI is InChI=1S/C13H14BrN3O4/c14-7-3-6-8(16-13(20)11(6)18)4-9(7)17-1-2-21-5-10(17)12(15)19/h3-4,10-11,18H,1-2,5H2,(H2,15,19)(H,16,20). The number of amides is 2. The first-order chi connectivity index (χ1) is 9.99. The molecular formula is C13H14BrN3O4. The zero-order valence-corrected chi connectivity index (χ0v) is 12.6. The van der Waals surface area contributed by atoms with E-state index in [0.717, 1.165) is 5.69 Å². The number of anilines is 2. The lowest BCUT2D eigenvalue weighted by atomic mass is 10.1. The maximum atomic E-state index is 11.6. The van der Waals surface area contributed by atoms with Crippen LogP contribution in [-0.2, 0) is 14.3 Å². The van der Waals surface area contributed by atoms with Crippen molar-refractivity contribution in [2.45, 2.75) is 12.1 Å². The van der Waals surface area contributed by atoms with Gasteiger partial charge in [0.1, 0.15) is 6.04 Å². The largest absolute Gasteiger partial charge is 0.378 e. The first-order valence-corrected chi connectivity index (χ1v) is 7.24. The Balaban J connectivity index is 2.01. The lowest BCUT2D eigenvalue weighted by molar-refractivity contribution is -0.123. The topological polar surface area (TPSA) is 105 Å². The predicted molar refractivity (Wildman–Crippen MR) is 78.9 cm³/mol. The van der Waals surface area contributed by atoms with Crippen LogP contribution in [0.2, 0.25) is 0 Å². The van der Waals surface area contributed by atoms with Crippen LogP contribution >= 0.6 is 15.9 Å². The summed E-state index contributed by atoms with van der Waals surface area (Å²) in [5.74, 6) is -0.923. The van der Waals surface area contributed by atoms with Gasteiger partial charge in [-0.1, -0.05) is 0 Å². The minimum absolute atomic E-state index is 0.230. The Morgan fingerprint density at radius 1 is 1.52 bits per heavy atom. The highest BCUT2D eigenvalue weighted by Crippen LogP contribution is 2.39. The molecule has 1 saturated heterocycles. The molecule has 2 aliphatic rings. The van der Waals surface area contributed by atoms with Gasteiger partial charge < -0.3 is 25.8 Å². The van der Waals surface area contributed by atoms with E-state index in [4.69, 9.17) is 10.5 Å². The lowest BCUT2D eigenvalue weighted by Crippen LogP contribution is -2.52. The summed E-state index contributed by atoms with van der Waals surface area (Å²) in [5, 5.41) is 12.4. The minimum atomic E-state index is -1.16. The Morgan fingerprint density at radius 2 is 2.29 bits per heavy atom. The van der Waals surface area contributed by atoms with E-state index in [9.17, 15) is 14.7 Å². The van der Waals surface area contributed by atoms with Crippen molar-refractivity contribution in [1.29, 1.82) is 0 Å². The first-order valence-electron chi connectivity index (χ1n) is 6.45. The second-order valence-electron chi connectivity index (χ2n) is 4.97. The average Bonchev–Trinajstić information content (AvgIpc) is 2.73. The molecule has 0 aliphatic carbocycles. The monoisotopic (exact) mass is 355 g/mol. The highest BCUT2D eigenvalue weighted by Gasteiger charge is 2.33. The van der Waals surface area contributed by atoms with Crippen LogP contribution in [0.4, 0.5) is 11.4 Å². The third-order valence-corrected chi connectivity index (χ3v) is 4.32. The Bertz CT molecular complexity index is 622. The average molecular weight is 356 g/mol. The molecule has 0 saturated carbocycles. The summed E-state index contributed by atoms with van der Waals surface area (Å²) >= 11 is 3.42. The molecule has 2 atom stereocenters. The number of nitrogens with zero attached hydrogens (tertiary/aromatic N) is 1. The number of aliphatic hydroxyl groups is 1. The Labute approximate surface area is 129 Å². The number of benzene rings is 1. The summed E-state index contributed by atoms with van der Waals surface area (Å²) in [6.45, 7) is 1.23. The molecule has 0 spiro atoms. The predicted octanol–water partition coefficient (Wildman–Crippen LogP) is 0.125. The van der Waals surface area contributed by atoms with Gasteiger partial charge in [0.15, 0.2) is 6.10 Å². The molecule has 1 aromatic rings. The second kappa shape index (κ2) is 5.28. The number of nitrogens with two attached hydrogens (primary N) is 1. The molecule has 2 heterocycles. The van der Waals surface area contributed by atoms with E-state index in [1.807, 2.05) is 4.90 Å². The molecule has 0 radical (unpaired) electrons. The number of nitrogens with one attached hydrogen (secondary N) is 1. The molecule has 3 rings (SSSR count). The molecule has 7 nitrogen and oxygen atoms in total. The van der Waals surface area contributed by atoms with Crippen LogP contribution < -0.4 is 16.0 Å². The number of fused-ring (bicyclic) bond motifs is 1. The van der Waals surface area contributed by atoms with Crippen LogP contribution in [0.15, 0.2) is 16.6 Å². The Kier molecular flexibility index (Phi) is 3.60. The van der Waals surface area contributed by atoms with Gasteiger partial charge in [0, 0.05) is 22.3 Å². The van der Waals surface area contributed by atoms with Gasteiger partial charge in [-0.2, -0.15) is 0 Å². The van der Waals surface area contributed by atoms with Gasteiger partial charge in [0.05, 0.1) is 18.9 Å². The van der Waals surface area contributed by atoms with Crippen molar-refractivity contribution < 1.29 is 19.4 Å². The number of ether oxygens (including phenoxy) is 1. The van der Waals surface area contributed by atoms with Crippen molar-refractivity contribution in [3.63, 3.8) is 0 Å². The van der Waals surface area contributed by atoms with Crippen LogP contribution in [0.25, 0.3) is 0 Å². The SMILES string of the molecule is NC(=O)C1COCCN1c1cc2c(cc1Br)C(O)C(=O)N2. The third kappa shape index (κ3) is 2.39. The van der Waals surface area contributed by atoms with Gasteiger partial charge in [-0.25, -0.2) is 0 Å². The molecular weight excluding hydrogens is 342 g/mol. The Hall–Kier alpha value is -1.64. The molecule has 2 amide bonds. The molecule has 2 aliphatic heterocycles. The van der Waals surface area contributed by atoms with Crippen LogP contribution in [0.3, 0.4) is 0 Å². The molecule has 0 aromatic heterocycles. The summed E-state index contributed by atoms with van der Waals surface area (Å²) in [4.78, 5) is 24.9. The quantitative estimate of drug-likeness (QED) is 0.699. The minimum Gasteiger partial charge on any atom is -0.378 e. The lowest BCUT2D eigenvalue weighted by Gasteiger charge is -2.36. The van der Waals surface area contributed by atoms with Crippen molar-refractivity contribution in [1.82, 2.24) is 0 Å². The molecule has 21 heavy (non-hydrogen) atoms. The fraction of sp³-hybridized carbons (Fsp3) is 0.385. The summed E-state index contributed by atoms with van der Waals surface area (Å²) < 4.78 is 5.98. The van der Waals surface area contributed by atoms with E-state index in [2.05, 4.69) is 21.2 Å². The number of primary amides is 1. The number of carbonyl (C=O) groups is 2. The number of carbonyl (C=O) groups excluding carboxylic acids is 2. The van der Waals surface area contributed by atoms with Gasteiger partial charge in [-0.15, -0.1) is 0 Å². The molecule has 0 bridgehead atoms. The Morgan fingerprint density at radius 3 is 3.00 bits per heavy atom. The van der Waals surface area contributed by atoms with Gasteiger partial charge >= 0.3 is 0 Å². The van der Waals surface area contributed by atoms with Crippen molar-refractivity contribution in [2.75, 3.05) is 30.0 Å². The number of rotatable bonds is 2.